The number of esters is 1. The summed E-state index contributed by atoms with van der Waals surface area (Å²) >= 11 is 0. The quantitative estimate of drug-likeness (QED) is 0.223. The number of aliphatic hydroxyl groups is 1. The van der Waals surface area contributed by atoms with E-state index in [1.165, 1.54) is 6.92 Å². The standard InChI is InChI=1S/C30H38N6O6/c1-8-17-30(7)31-25(29(5,6)39)24(27(37)41-19(4)42-28(38)40-18(2)3)36(30)21-15-13-20(14-16-21)22-11-9-10-12-23(22)26-32-34-35-33-26/h9-16,18-19,31,39H,8,17H2,1-7H3,(H,32,33,34,35). The second-order valence-corrected chi connectivity index (χ2v) is 11.1. The minimum absolute atomic E-state index is 0.118. The minimum atomic E-state index is -1.41. The Kier molecular flexibility index (Phi) is 8.86. The average Bonchev–Trinajstić information content (AvgIpc) is 3.55. The van der Waals surface area contributed by atoms with E-state index in [-0.39, 0.29) is 5.70 Å². The summed E-state index contributed by atoms with van der Waals surface area (Å²) in [7, 11) is 0. The molecule has 12 nitrogen and oxygen atoms in total. The third-order valence-corrected chi connectivity index (χ3v) is 6.72. The molecule has 1 aliphatic rings. The summed E-state index contributed by atoms with van der Waals surface area (Å²) in [5.41, 5.74) is 1.60. The van der Waals surface area contributed by atoms with Gasteiger partial charge in [-0.05, 0) is 74.7 Å². The van der Waals surface area contributed by atoms with Gasteiger partial charge in [0.1, 0.15) is 11.3 Å². The molecule has 0 fully saturated rings. The molecule has 224 valence electrons. The Morgan fingerprint density at radius 2 is 1.69 bits per heavy atom. The lowest BCUT2D eigenvalue weighted by molar-refractivity contribution is -0.164. The van der Waals surface area contributed by atoms with Gasteiger partial charge in [-0.2, -0.15) is 0 Å². The molecule has 3 aromatic rings. The second kappa shape index (κ2) is 12.2. The Labute approximate surface area is 245 Å². The molecule has 0 aliphatic carbocycles. The molecule has 4 rings (SSSR count). The van der Waals surface area contributed by atoms with E-state index in [4.69, 9.17) is 14.2 Å². The van der Waals surface area contributed by atoms with E-state index in [0.29, 0.717) is 23.6 Å². The first-order valence-corrected chi connectivity index (χ1v) is 13.9. The lowest BCUT2D eigenvalue weighted by Gasteiger charge is -2.38. The van der Waals surface area contributed by atoms with Crippen LogP contribution < -0.4 is 10.2 Å². The molecule has 0 radical (unpaired) electrons. The van der Waals surface area contributed by atoms with E-state index < -0.39 is 35.8 Å². The molecule has 3 N–H and O–H groups in total. The van der Waals surface area contributed by atoms with Crippen LogP contribution in [0, 0.1) is 0 Å². The van der Waals surface area contributed by atoms with E-state index in [2.05, 4.69) is 25.9 Å². The molecule has 1 aliphatic heterocycles. The monoisotopic (exact) mass is 578 g/mol. The molecule has 12 heteroatoms. The molecule has 0 saturated carbocycles. The Bertz CT molecular complexity index is 1430. The Hall–Kier alpha value is -4.45. The fraction of sp³-hybridized carbons (Fsp3) is 0.433. The highest BCUT2D eigenvalue weighted by Gasteiger charge is 2.48. The van der Waals surface area contributed by atoms with E-state index in [1.807, 2.05) is 67.3 Å². The normalized spacial score (nSPS) is 17.7. The zero-order chi connectivity index (χ0) is 30.7. The molecule has 2 heterocycles. The predicted molar refractivity (Wildman–Crippen MR) is 156 cm³/mol. The van der Waals surface area contributed by atoms with E-state index in [0.717, 1.165) is 23.1 Å². The third kappa shape index (κ3) is 6.54. The number of aromatic amines is 1. The number of ether oxygens (including phenoxy) is 3. The number of hydrogen-bond donors (Lipinski definition) is 3. The molecular formula is C30H38N6O6. The highest BCUT2D eigenvalue weighted by molar-refractivity contribution is 5.96. The van der Waals surface area contributed by atoms with Gasteiger partial charge in [-0.25, -0.2) is 14.7 Å². The van der Waals surface area contributed by atoms with Gasteiger partial charge in [-0.3, -0.25) is 0 Å². The molecule has 2 unspecified atom stereocenters. The number of aromatic nitrogens is 4. The first-order chi connectivity index (χ1) is 19.8. The van der Waals surface area contributed by atoms with Crippen molar-refractivity contribution in [2.75, 3.05) is 4.90 Å². The maximum Gasteiger partial charge on any atom is 0.511 e. The van der Waals surface area contributed by atoms with Gasteiger partial charge in [0, 0.05) is 18.2 Å². The summed E-state index contributed by atoms with van der Waals surface area (Å²) in [5.74, 6) is -0.220. The van der Waals surface area contributed by atoms with Crippen molar-refractivity contribution in [3.05, 3.63) is 59.9 Å². The van der Waals surface area contributed by atoms with Crippen LogP contribution >= 0.6 is 0 Å². The summed E-state index contributed by atoms with van der Waals surface area (Å²) < 4.78 is 15.7. The van der Waals surface area contributed by atoms with Gasteiger partial charge in [0.15, 0.2) is 11.5 Å². The zero-order valence-electron chi connectivity index (χ0n) is 25.0. The topological polar surface area (TPSA) is 152 Å². The smallest absolute Gasteiger partial charge is 0.431 e. The van der Waals surface area contributed by atoms with Gasteiger partial charge < -0.3 is 29.5 Å². The molecular weight excluding hydrogens is 540 g/mol. The van der Waals surface area contributed by atoms with Gasteiger partial charge in [0.25, 0.3) is 0 Å². The molecule has 1 aromatic heterocycles. The Morgan fingerprint density at radius 3 is 2.26 bits per heavy atom. The summed E-state index contributed by atoms with van der Waals surface area (Å²) in [6, 6.07) is 15.5. The number of H-pyrrole nitrogens is 1. The van der Waals surface area contributed by atoms with Gasteiger partial charge in [0.2, 0.25) is 6.29 Å². The van der Waals surface area contributed by atoms with Gasteiger partial charge >= 0.3 is 12.1 Å². The SMILES string of the molecule is CCCC1(C)NC(C(C)(C)O)=C(C(=O)OC(C)OC(=O)OC(C)C)N1c1ccc(-c2ccccc2-c2nnn[nH]2)cc1. The average molecular weight is 579 g/mol. The molecule has 0 spiro atoms. The largest absolute Gasteiger partial charge is 0.511 e. The number of tetrazole rings is 1. The summed E-state index contributed by atoms with van der Waals surface area (Å²) in [4.78, 5) is 27.6. The molecule has 2 atom stereocenters. The predicted octanol–water partition coefficient (Wildman–Crippen LogP) is 4.89. The van der Waals surface area contributed by atoms with Crippen molar-refractivity contribution in [1.29, 1.82) is 0 Å². The maximum absolute atomic E-state index is 13.7. The van der Waals surface area contributed by atoms with Gasteiger partial charge in [0.05, 0.1) is 11.8 Å². The van der Waals surface area contributed by atoms with Gasteiger partial charge in [-0.15, -0.1) is 5.10 Å². The van der Waals surface area contributed by atoms with Crippen LogP contribution in [-0.4, -0.2) is 61.5 Å². The van der Waals surface area contributed by atoms with Crippen molar-refractivity contribution in [2.24, 2.45) is 0 Å². The van der Waals surface area contributed by atoms with Crippen LogP contribution in [0.1, 0.15) is 61.3 Å². The molecule has 42 heavy (non-hydrogen) atoms. The number of carbonyl (C=O) groups is 2. The van der Waals surface area contributed by atoms with Crippen LogP contribution in [0.2, 0.25) is 0 Å². The van der Waals surface area contributed by atoms with Crippen LogP contribution in [0.5, 0.6) is 0 Å². The lowest BCUT2D eigenvalue weighted by Crippen LogP contribution is -2.52. The number of nitrogens with one attached hydrogen (secondary N) is 2. The number of carbonyl (C=O) groups excluding carboxylic acids is 2. The number of nitrogens with zero attached hydrogens (tertiary/aromatic N) is 4. The van der Waals surface area contributed by atoms with Crippen LogP contribution in [0.3, 0.4) is 0 Å². The highest BCUT2D eigenvalue weighted by Crippen LogP contribution is 2.41. The molecule has 0 saturated heterocycles. The minimum Gasteiger partial charge on any atom is -0.431 e. The van der Waals surface area contributed by atoms with Crippen molar-refractivity contribution in [2.45, 2.75) is 85.0 Å². The lowest BCUT2D eigenvalue weighted by atomic mass is 9.98. The molecule has 0 amide bonds. The summed E-state index contributed by atoms with van der Waals surface area (Å²) in [5, 5.41) is 28.8. The van der Waals surface area contributed by atoms with Crippen LogP contribution in [0.15, 0.2) is 59.9 Å². The fourth-order valence-electron chi connectivity index (χ4n) is 5.05. The van der Waals surface area contributed by atoms with Crippen LogP contribution in [0.25, 0.3) is 22.5 Å². The second-order valence-electron chi connectivity index (χ2n) is 11.1. The Balaban J connectivity index is 1.72. The first-order valence-electron chi connectivity index (χ1n) is 13.9. The van der Waals surface area contributed by atoms with Crippen molar-refractivity contribution < 1.29 is 28.9 Å². The van der Waals surface area contributed by atoms with Crippen molar-refractivity contribution in [1.82, 2.24) is 25.9 Å². The molecule has 0 bridgehead atoms. The molecule has 2 aromatic carbocycles. The fourth-order valence-corrected chi connectivity index (χ4v) is 5.05. The zero-order valence-corrected chi connectivity index (χ0v) is 25.0. The van der Waals surface area contributed by atoms with E-state index in [1.54, 1.807) is 27.7 Å². The van der Waals surface area contributed by atoms with Crippen LogP contribution in [0.4, 0.5) is 10.5 Å². The van der Waals surface area contributed by atoms with Gasteiger partial charge in [-0.1, -0.05) is 49.7 Å². The van der Waals surface area contributed by atoms with Crippen molar-refractivity contribution >= 4 is 17.8 Å². The third-order valence-electron chi connectivity index (χ3n) is 6.72. The first kappa shape index (κ1) is 30.5. The highest BCUT2D eigenvalue weighted by atomic mass is 16.8. The summed E-state index contributed by atoms with van der Waals surface area (Å²) in [6.45, 7) is 12.0. The number of rotatable bonds is 10. The Morgan fingerprint density at radius 1 is 1.02 bits per heavy atom. The number of hydrogen-bond acceptors (Lipinski definition) is 11. The number of anilines is 1. The summed E-state index contributed by atoms with van der Waals surface area (Å²) in [6.07, 6.45) is -1.14. The maximum atomic E-state index is 13.7. The van der Waals surface area contributed by atoms with Crippen molar-refractivity contribution in [3.8, 4) is 22.5 Å². The van der Waals surface area contributed by atoms with E-state index >= 15 is 0 Å². The number of benzene rings is 2. The van der Waals surface area contributed by atoms with Crippen molar-refractivity contribution in [3.63, 3.8) is 0 Å². The van der Waals surface area contributed by atoms with Crippen LogP contribution in [-0.2, 0) is 19.0 Å². The van der Waals surface area contributed by atoms with E-state index in [9.17, 15) is 14.7 Å².